The summed E-state index contributed by atoms with van der Waals surface area (Å²) in [4.78, 5) is 22.8. The number of hydrogen-bond donors (Lipinski definition) is 2. The summed E-state index contributed by atoms with van der Waals surface area (Å²) in [5.74, 6) is -1.34. The Labute approximate surface area is 101 Å². The molecular formula is C13H17NO3. The summed E-state index contributed by atoms with van der Waals surface area (Å²) in [6, 6.07) is 4.70. The molecule has 1 aromatic rings. The van der Waals surface area contributed by atoms with E-state index in [9.17, 15) is 9.59 Å². The summed E-state index contributed by atoms with van der Waals surface area (Å²) in [6.07, 6.45) is 0.367. The number of aliphatic carboxylic acids is 1. The molecule has 0 aliphatic carbocycles. The molecule has 0 saturated carbocycles. The number of rotatable bonds is 4. The lowest BCUT2D eigenvalue weighted by Crippen LogP contribution is -2.40. The molecule has 1 rings (SSSR count). The second kappa shape index (κ2) is 5.48. The van der Waals surface area contributed by atoms with Crippen molar-refractivity contribution in [3.63, 3.8) is 0 Å². The van der Waals surface area contributed by atoms with Crippen molar-refractivity contribution in [3.8, 4) is 0 Å². The van der Waals surface area contributed by atoms with Crippen molar-refractivity contribution in [3.05, 3.63) is 34.9 Å². The Morgan fingerprint density at radius 1 is 1.35 bits per heavy atom. The standard InChI is InChI=1S/C13H17NO3/c1-4-11(13(16)17)14-12(15)10-7-8(2)5-6-9(10)3/h5-7,11H,4H2,1-3H3,(H,14,15)(H,16,17)/t11-/m1/s1. The summed E-state index contributed by atoms with van der Waals surface area (Å²) in [5, 5.41) is 11.4. The molecule has 0 saturated heterocycles. The van der Waals surface area contributed by atoms with Crippen LogP contribution in [0, 0.1) is 13.8 Å². The van der Waals surface area contributed by atoms with E-state index in [1.165, 1.54) is 0 Å². The van der Waals surface area contributed by atoms with Crippen LogP contribution < -0.4 is 5.32 Å². The van der Waals surface area contributed by atoms with Crippen LogP contribution in [0.25, 0.3) is 0 Å². The normalized spacial score (nSPS) is 11.9. The number of carboxylic acid groups (broad SMARTS) is 1. The van der Waals surface area contributed by atoms with Crippen LogP contribution in [0.15, 0.2) is 18.2 Å². The minimum absolute atomic E-state index is 0.333. The molecule has 0 aromatic heterocycles. The van der Waals surface area contributed by atoms with Gasteiger partial charge in [-0.25, -0.2) is 4.79 Å². The van der Waals surface area contributed by atoms with Crippen molar-refractivity contribution in [2.45, 2.75) is 33.2 Å². The highest BCUT2D eigenvalue weighted by atomic mass is 16.4. The van der Waals surface area contributed by atoms with Crippen LogP contribution in [0.3, 0.4) is 0 Å². The third-order valence-corrected chi connectivity index (χ3v) is 2.65. The summed E-state index contributed by atoms with van der Waals surface area (Å²) < 4.78 is 0. The number of aryl methyl sites for hydroxylation is 2. The fourth-order valence-electron chi connectivity index (χ4n) is 1.55. The van der Waals surface area contributed by atoms with Gasteiger partial charge in [-0.2, -0.15) is 0 Å². The lowest BCUT2D eigenvalue weighted by molar-refractivity contribution is -0.139. The Morgan fingerprint density at radius 2 is 2.00 bits per heavy atom. The van der Waals surface area contributed by atoms with Gasteiger partial charge in [-0.1, -0.05) is 24.6 Å². The quantitative estimate of drug-likeness (QED) is 0.837. The monoisotopic (exact) mass is 235 g/mol. The van der Waals surface area contributed by atoms with Crippen molar-refractivity contribution in [2.75, 3.05) is 0 Å². The van der Waals surface area contributed by atoms with Crippen LogP contribution in [-0.2, 0) is 4.79 Å². The highest BCUT2D eigenvalue weighted by Gasteiger charge is 2.19. The first-order chi connectivity index (χ1) is 7.95. The Balaban J connectivity index is 2.89. The molecule has 0 fully saturated rings. The predicted octanol–water partition coefficient (Wildman–Crippen LogP) is 1.90. The maximum Gasteiger partial charge on any atom is 0.326 e. The molecule has 0 aliphatic rings. The summed E-state index contributed by atoms with van der Waals surface area (Å²) in [5.41, 5.74) is 2.35. The molecule has 92 valence electrons. The Morgan fingerprint density at radius 3 is 2.53 bits per heavy atom. The zero-order valence-corrected chi connectivity index (χ0v) is 10.3. The second-order valence-corrected chi connectivity index (χ2v) is 4.09. The molecule has 4 nitrogen and oxygen atoms in total. The van der Waals surface area contributed by atoms with Gasteiger partial charge < -0.3 is 10.4 Å². The number of hydrogen-bond acceptors (Lipinski definition) is 2. The molecule has 1 aromatic carbocycles. The summed E-state index contributed by atoms with van der Waals surface area (Å²) >= 11 is 0. The van der Waals surface area contributed by atoms with E-state index in [1.54, 1.807) is 13.0 Å². The number of amides is 1. The van der Waals surface area contributed by atoms with Gasteiger partial charge in [0.2, 0.25) is 0 Å². The number of carbonyl (C=O) groups excluding carboxylic acids is 1. The van der Waals surface area contributed by atoms with E-state index in [4.69, 9.17) is 5.11 Å². The molecule has 0 radical (unpaired) electrons. The topological polar surface area (TPSA) is 66.4 Å². The molecule has 0 unspecified atom stereocenters. The van der Waals surface area contributed by atoms with Gasteiger partial charge in [0.1, 0.15) is 6.04 Å². The van der Waals surface area contributed by atoms with Crippen LogP contribution in [0.2, 0.25) is 0 Å². The van der Waals surface area contributed by atoms with E-state index in [1.807, 2.05) is 26.0 Å². The van der Waals surface area contributed by atoms with Crippen LogP contribution in [0.1, 0.15) is 34.8 Å². The zero-order valence-electron chi connectivity index (χ0n) is 10.3. The van der Waals surface area contributed by atoms with Gasteiger partial charge in [0.15, 0.2) is 0 Å². The Hall–Kier alpha value is -1.84. The molecule has 0 aliphatic heterocycles. The molecular weight excluding hydrogens is 218 g/mol. The van der Waals surface area contributed by atoms with E-state index < -0.39 is 12.0 Å². The molecule has 1 amide bonds. The van der Waals surface area contributed by atoms with Gasteiger partial charge in [0.25, 0.3) is 5.91 Å². The average Bonchev–Trinajstić information content (AvgIpc) is 2.28. The van der Waals surface area contributed by atoms with Gasteiger partial charge in [-0.15, -0.1) is 0 Å². The first-order valence-corrected chi connectivity index (χ1v) is 5.56. The Bertz CT molecular complexity index is 440. The number of benzene rings is 1. The third kappa shape index (κ3) is 3.31. The highest BCUT2D eigenvalue weighted by Crippen LogP contribution is 2.11. The first kappa shape index (κ1) is 13.2. The molecule has 4 heteroatoms. The fraction of sp³-hybridized carbons (Fsp3) is 0.385. The zero-order chi connectivity index (χ0) is 13.0. The van der Waals surface area contributed by atoms with E-state index in [0.29, 0.717) is 12.0 Å². The molecule has 0 bridgehead atoms. The van der Waals surface area contributed by atoms with Crippen LogP contribution in [-0.4, -0.2) is 23.0 Å². The minimum Gasteiger partial charge on any atom is -0.480 e. The van der Waals surface area contributed by atoms with Crippen molar-refractivity contribution in [1.29, 1.82) is 0 Å². The highest BCUT2D eigenvalue weighted by molar-refractivity contribution is 5.97. The third-order valence-electron chi connectivity index (χ3n) is 2.65. The van der Waals surface area contributed by atoms with E-state index in [-0.39, 0.29) is 5.91 Å². The lowest BCUT2D eigenvalue weighted by Gasteiger charge is -2.13. The van der Waals surface area contributed by atoms with Gasteiger partial charge in [0, 0.05) is 5.56 Å². The predicted molar refractivity (Wildman–Crippen MR) is 65.1 cm³/mol. The maximum atomic E-state index is 11.9. The van der Waals surface area contributed by atoms with Crippen molar-refractivity contribution < 1.29 is 14.7 Å². The number of nitrogens with one attached hydrogen (secondary N) is 1. The van der Waals surface area contributed by atoms with Crippen molar-refractivity contribution in [2.24, 2.45) is 0 Å². The average molecular weight is 235 g/mol. The van der Waals surface area contributed by atoms with E-state index in [0.717, 1.165) is 11.1 Å². The Kier molecular flexibility index (Phi) is 4.26. The van der Waals surface area contributed by atoms with Crippen molar-refractivity contribution in [1.82, 2.24) is 5.32 Å². The second-order valence-electron chi connectivity index (χ2n) is 4.09. The van der Waals surface area contributed by atoms with Crippen LogP contribution in [0.4, 0.5) is 0 Å². The summed E-state index contributed by atoms with van der Waals surface area (Å²) in [6.45, 7) is 5.45. The van der Waals surface area contributed by atoms with E-state index >= 15 is 0 Å². The van der Waals surface area contributed by atoms with Gasteiger partial charge in [0.05, 0.1) is 0 Å². The maximum absolute atomic E-state index is 11.9. The van der Waals surface area contributed by atoms with Gasteiger partial charge in [-0.05, 0) is 31.9 Å². The minimum atomic E-state index is -1.01. The van der Waals surface area contributed by atoms with Crippen LogP contribution in [0.5, 0.6) is 0 Å². The van der Waals surface area contributed by atoms with E-state index in [2.05, 4.69) is 5.32 Å². The molecule has 0 spiro atoms. The lowest BCUT2D eigenvalue weighted by atomic mass is 10.0. The smallest absolute Gasteiger partial charge is 0.326 e. The summed E-state index contributed by atoms with van der Waals surface area (Å²) in [7, 11) is 0. The molecule has 2 N–H and O–H groups in total. The molecule has 17 heavy (non-hydrogen) atoms. The van der Waals surface area contributed by atoms with Crippen molar-refractivity contribution >= 4 is 11.9 Å². The molecule has 0 heterocycles. The number of carbonyl (C=O) groups is 2. The fourth-order valence-corrected chi connectivity index (χ4v) is 1.55. The van der Waals surface area contributed by atoms with Gasteiger partial charge >= 0.3 is 5.97 Å². The van der Waals surface area contributed by atoms with Gasteiger partial charge in [-0.3, -0.25) is 4.79 Å². The largest absolute Gasteiger partial charge is 0.480 e. The molecule has 1 atom stereocenters. The SMILES string of the molecule is CC[C@@H](NC(=O)c1cc(C)ccc1C)C(=O)O. The van der Waals surface area contributed by atoms with Crippen LogP contribution >= 0.6 is 0 Å². The number of carboxylic acids is 1. The first-order valence-electron chi connectivity index (χ1n) is 5.56.